The number of hydrogen-bond donors (Lipinski definition) is 0. The number of fused-ring (bicyclic) bond motifs is 1. The molecule has 1 fully saturated rings. The van der Waals surface area contributed by atoms with Gasteiger partial charge < -0.3 is 4.90 Å². The smallest absolute Gasteiger partial charge is 0.253 e. The second-order valence-corrected chi connectivity index (χ2v) is 7.47. The number of para-hydroxylation sites is 1. The Morgan fingerprint density at radius 1 is 0.833 bits per heavy atom. The number of piperazine rings is 1. The fourth-order valence-corrected chi connectivity index (χ4v) is 3.89. The van der Waals surface area contributed by atoms with E-state index in [9.17, 15) is 4.79 Å². The molecule has 30 heavy (non-hydrogen) atoms. The maximum absolute atomic E-state index is 13.0. The van der Waals surface area contributed by atoms with E-state index in [1.807, 2.05) is 71.6 Å². The Labute approximate surface area is 174 Å². The van der Waals surface area contributed by atoms with Crippen LogP contribution in [-0.2, 0) is 6.54 Å². The fourth-order valence-electron chi connectivity index (χ4n) is 3.89. The molecule has 0 radical (unpaired) electrons. The van der Waals surface area contributed by atoms with Gasteiger partial charge in [-0.1, -0.05) is 48.5 Å². The first kappa shape index (κ1) is 18.4. The van der Waals surface area contributed by atoms with Crippen molar-refractivity contribution in [2.45, 2.75) is 6.54 Å². The Kier molecular flexibility index (Phi) is 4.94. The Morgan fingerprint density at radius 3 is 2.37 bits per heavy atom. The van der Waals surface area contributed by atoms with Gasteiger partial charge in [-0.3, -0.25) is 9.69 Å². The van der Waals surface area contributed by atoms with E-state index in [2.05, 4.69) is 26.5 Å². The lowest BCUT2D eigenvalue weighted by Crippen LogP contribution is -2.48. The average Bonchev–Trinajstić information content (AvgIpc) is 3.27. The Balaban J connectivity index is 1.23. The lowest BCUT2D eigenvalue weighted by atomic mass is 10.1. The van der Waals surface area contributed by atoms with Crippen LogP contribution in [0.4, 0.5) is 0 Å². The van der Waals surface area contributed by atoms with Crippen LogP contribution in [0.15, 0.2) is 72.8 Å². The summed E-state index contributed by atoms with van der Waals surface area (Å²) in [6, 6.07) is 23.9. The van der Waals surface area contributed by atoms with Gasteiger partial charge in [-0.25, -0.2) is 0 Å². The molecule has 2 heterocycles. The number of carbonyl (C=O) groups is 1. The van der Waals surface area contributed by atoms with Crippen molar-refractivity contribution in [3.05, 3.63) is 84.2 Å². The summed E-state index contributed by atoms with van der Waals surface area (Å²) in [7, 11) is 0. The number of nitrogens with zero attached hydrogens (tertiary/aromatic N) is 6. The first-order chi connectivity index (χ1) is 14.8. The van der Waals surface area contributed by atoms with Gasteiger partial charge in [0.25, 0.3) is 5.91 Å². The molecule has 1 aliphatic rings. The quantitative estimate of drug-likeness (QED) is 0.529. The Morgan fingerprint density at radius 2 is 1.57 bits per heavy atom. The van der Waals surface area contributed by atoms with Crippen LogP contribution in [0.3, 0.4) is 0 Å². The van der Waals surface area contributed by atoms with Crippen molar-refractivity contribution in [2.24, 2.45) is 0 Å². The fraction of sp³-hybridized carbons (Fsp3) is 0.217. The van der Waals surface area contributed by atoms with Gasteiger partial charge in [0.2, 0.25) is 0 Å². The number of tetrazole rings is 1. The van der Waals surface area contributed by atoms with Crippen molar-refractivity contribution in [1.82, 2.24) is 30.0 Å². The maximum atomic E-state index is 13.0. The zero-order valence-electron chi connectivity index (χ0n) is 16.6. The predicted molar refractivity (Wildman–Crippen MR) is 114 cm³/mol. The Hall–Kier alpha value is -3.58. The first-order valence-corrected chi connectivity index (χ1v) is 10.1. The van der Waals surface area contributed by atoms with Crippen LogP contribution in [0.2, 0.25) is 0 Å². The van der Waals surface area contributed by atoms with Crippen molar-refractivity contribution < 1.29 is 4.79 Å². The maximum Gasteiger partial charge on any atom is 0.253 e. The molecule has 5 rings (SSSR count). The zero-order chi connectivity index (χ0) is 20.3. The third kappa shape index (κ3) is 3.67. The van der Waals surface area contributed by atoms with Crippen molar-refractivity contribution in [3.63, 3.8) is 0 Å². The molecule has 0 N–H and O–H groups in total. The van der Waals surface area contributed by atoms with Crippen molar-refractivity contribution in [3.8, 4) is 5.69 Å². The number of amides is 1. The number of aromatic nitrogens is 4. The highest BCUT2D eigenvalue weighted by atomic mass is 16.2. The minimum Gasteiger partial charge on any atom is -0.336 e. The van der Waals surface area contributed by atoms with E-state index >= 15 is 0 Å². The molecular weight excluding hydrogens is 376 g/mol. The number of benzene rings is 3. The van der Waals surface area contributed by atoms with Gasteiger partial charge in [-0.05, 0) is 45.5 Å². The molecule has 7 nitrogen and oxygen atoms in total. The average molecular weight is 398 g/mol. The molecule has 0 atom stereocenters. The third-order valence-corrected chi connectivity index (χ3v) is 5.56. The lowest BCUT2D eigenvalue weighted by molar-refractivity contribution is 0.0624. The molecule has 1 saturated heterocycles. The molecule has 0 aliphatic carbocycles. The highest BCUT2D eigenvalue weighted by molar-refractivity contribution is 5.98. The first-order valence-electron chi connectivity index (χ1n) is 10.1. The minimum atomic E-state index is 0.0922. The van der Waals surface area contributed by atoms with Gasteiger partial charge in [0.05, 0.1) is 12.2 Å². The molecule has 3 aromatic carbocycles. The highest BCUT2D eigenvalue weighted by Gasteiger charge is 2.23. The van der Waals surface area contributed by atoms with Crippen molar-refractivity contribution in [1.29, 1.82) is 0 Å². The van der Waals surface area contributed by atoms with Crippen LogP contribution in [0.25, 0.3) is 16.5 Å². The van der Waals surface area contributed by atoms with E-state index in [1.54, 1.807) is 4.68 Å². The number of rotatable bonds is 4. The summed E-state index contributed by atoms with van der Waals surface area (Å²) < 4.78 is 1.77. The molecule has 4 aromatic rings. The van der Waals surface area contributed by atoms with Crippen LogP contribution in [0, 0.1) is 0 Å². The molecule has 0 unspecified atom stereocenters. The van der Waals surface area contributed by atoms with E-state index in [-0.39, 0.29) is 5.91 Å². The van der Waals surface area contributed by atoms with Crippen molar-refractivity contribution in [2.75, 3.05) is 26.2 Å². The van der Waals surface area contributed by atoms with E-state index < -0.39 is 0 Å². The van der Waals surface area contributed by atoms with Crippen LogP contribution in [0.1, 0.15) is 16.2 Å². The number of hydrogen-bond acceptors (Lipinski definition) is 5. The predicted octanol–water partition coefficient (Wildman–Crippen LogP) is 2.77. The van der Waals surface area contributed by atoms with E-state index in [0.29, 0.717) is 19.6 Å². The monoisotopic (exact) mass is 398 g/mol. The minimum absolute atomic E-state index is 0.0922. The molecular formula is C23H22N6O. The van der Waals surface area contributed by atoms with Gasteiger partial charge >= 0.3 is 0 Å². The van der Waals surface area contributed by atoms with Crippen LogP contribution in [-0.4, -0.2) is 62.1 Å². The third-order valence-electron chi connectivity index (χ3n) is 5.56. The van der Waals surface area contributed by atoms with Gasteiger partial charge in [0.15, 0.2) is 5.82 Å². The summed E-state index contributed by atoms with van der Waals surface area (Å²) in [6.07, 6.45) is 0. The molecule has 0 spiro atoms. The van der Waals surface area contributed by atoms with E-state index in [0.717, 1.165) is 40.9 Å². The van der Waals surface area contributed by atoms with Gasteiger partial charge in [-0.15, -0.1) is 5.10 Å². The molecule has 0 saturated carbocycles. The summed E-state index contributed by atoms with van der Waals surface area (Å²) in [6.45, 7) is 3.62. The summed E-state index contributed by atoms with van der Waals surface area (Å²) >= 11 is 0. The SMILES string of the molecule is O=C(c1ccc2ccccc2c1)N1CCN(Cc2nnnn2-c2ccccc2)CC1. The van der Waals surface area contributed by atoms with Crippen LogP contribution < -0.4 is 0 Å². The van der Waals surface area contributed by atoms with Crippen LogP contribution in [0.5, 0.6) is 0 Å². The normalized spacial score (nSPS) is 14.9. The van der Waals surface area contributed by atoms with Gasteiger partial charge in [-0.2, -0.15) is 4.68 Å². The van der Waals surface area contributed by atoms with Gasteiger partial charge in [0, 0.05) is 31.7 Å². The molecule has 1 amide bonds. The molecule has 1 aliphatic heterocycles. The van der Waals surface area contributed by atoms with E-state index in [4.69, 9.17) is 0 Å². The zero-order valence-corrected chi connectivity index (χ0v) is 16.6. The van der Waals surface area contributed by atoms with E-state index in [1.165, 1.54) is 0 Å². The van der Waals surface area contributed by atoms with Crippen molar-refractivity contribution >= 4 is 16.7 Å². The Bertz CT molecular complexity index is 1160. The molecule has 150 valence electrons. The summed E-state index contributed by atoms with van der Waals surface area (Å²) in [5, 5.41) is 14.4. The van der Waals surface area contributed by atoms with Crippen LogP contribution >= 0.6 is 0 Å². The summed E-state index contributed by atoms with van der Waals surface area (Å²) in [4.78, 5) is 17.2. The second kappa shape index (κ2) is 8.04. The largest absolute Gasteiger partial charge is 0.336 e. The highest BCUT2D eigenvalue weighted by Crippen LogP contribution is 2.18. The molecule has 7 heteroatoms. The molecule has 0 bridgehead atoms. The number of carbonyl (C=O) groups excluding carboxylic acids is 1. The second-order valence-electron chi connectivity index (χ2n) is 7.47. The summed E-state index contributed by atoms with van der Waals surface area (Å²) in [5.74, 6) is 0.894. The standard InChI is InChI=1S/C23H22N6O/c30-23(20-11-10-18-6-4-5-7-19(18)16-20)28-14-12-27(13-15-28)17-22-24-25-26-29(22)21-8-2-1-3-9-21/h1-11,16H,12-15,17H2. The molecule has 1 aromatic heterocycles. The topological polar surface area (TPSA) is 67.2 Å². The summed E-state index contributed by atoms with van der Waals surface area (Å²) in [5.41, 5.74) is 1.69. The lowest BCUT2D eigenvalue weighted by Gasteiger charge is -2.34. The van der Waals surface area contributed by atoms with Gasteiger partial charge in [0.1, 0.15) is 0 Å².